The highest BCUT2D eigenvalue weighted by atomic mass is 16.5. The van der Waals surface area contributed by atoms with Crippen LogP contribution in [0.4, 0.5) is 0 Å². The van der Waals surface area contributed by atoms with Crippen LogP contribution in [-0.4, -0.2) is 42.1 Å². The van der Waals surface area contributed by atoms with Crippen LogP contribution in [0.1, 0.15) is 23.0 Å². The van der Waals surface area contributed by atoms with Crippen molar-refractivity contribution in [2.24, 2.45) is 0 Å². The number of carbonyl (C=O) groups excluding carboxylic acids is 1. The van der Waals surface area contributed by atoms with Gasteiger partial charge in [-0.1, -0.05) is 18.2 Å². The van der Waals surface area contributed by atoms with Gasteiger partial charge in [0.1, 0.15) is 11.6 Å². The van der Waals surface area contributed by atoms with Crippen LogP contribution in [0.3, 0.4) is 0 Å². The summed E-state index contributed by atoms with van der Waals surface area (Å²) in [4.78, 5) is 24.6. The fourth-order valence-electron chi connectivity index (χ4n) is 2.06. The van der Waals surface area contributed by atoms with Crippen LogP contribution in [0.5, 0.6) is 0 Å². The number of benzene rings is 1. The van der Waals surface area contributed by atoms with Crippen LogP contribution in [-0.2, 0) is 16.1 Å². The predicted octanol–water partition coefficient (Wildman–Crippen LogP) is 2.12. The van der Waals surface area contributed by atoms with Crippen LogP contribution in [0, 0.1) is 0 Å². The zero-order valence-electron chi connectivity index (χ0n) is 12.1. The molecule has 1 amide bonds. The fraction of sp³-hybridized carbons (Fsp3) is 0.333. The molecule has 6 heteroatoms. The topological polar surface area (TPSA) is 80.0 Å². The van der Waals surface area contributed by atoms with Gasteiger partial charge in [0.2, 0.25) is 0 Å². The van der Waals surface area contributed by atoms with Gasteiger partial charge in [0, 0.05) is 25.1 Å². The second-order valence-corrected chi connectivity index (χ2v) is 4.77. The highest BCUT2D eigenvalue weighted by Gasteiger charge is 2.28. The van der Waals surface area contributed by atoms with Crippen molar-refractivity contribution in [3.63, 3.8) is 0 Å². The molecule has 0 saturated carbocycles. The molecule has 2 aromatic rings. The zero-order valence-corrected chi connectivity index (χ0v) is 12.1. The monoisotopic (exact) mass is 291 g/mol. The van der Waals surface area contributed by atoms with Gasteiger partial charge in [-0.25, -0.2) is 4.79 Å². The number of furan rings is 1. The number of fused-ring (bicyclic) bond motifs is 1. The first-order valence-corrected chi connectivity index (χ1v) is 6.46. The van der Waals surface area contributed by atoms with Gasteiger partial charge in [-0.2, -0.15) is 0 Å². The molecular formula is C15H17NO5. The van der Waals surface area contributed by atoms with Crippen molar-refractivity contribution in [2.45, 2.75) is 19.6 Å². The van der Waals surface area contributed by atoms with Gasteiger partial charge in [0.25, 0.3) is 5.91 Å². The Hall–Kier alpha value is -2.34. The maximum Gasteiger partial charge on any atom is 0.326 e. The van der Waals surface area contributed by atoms with Crippen molar-refractivity contribution in [3.05, 3.63) is 35.6 Å². The molecule has 21 heavy (non-hydrogen) atoms. The Labute approximate surface area is 121 Å². The Morgan fingerprint density at radius 1 is 1.38 bits per heavy atom. The SMILES string of the molecule is COCc1c(C(=O)N(C)C(C)C(=O)O)oc2ccccc12. The molecule has 1 aromatic carbocycles. The molecular weight excluding hydrogens is 274 g/mol. The van der Waals surface area contributed by atoms with E-state index >= 15 is 0 Å². The lowest BCUT2D eigenvalue weighted by molar-refractivity contribution is -0.141. The first kappa shape index (κ1) is 15.1. The van der Waals surface area contributed by atoms with E-state index in [1.807, 2.05) is 12.1 Å². The van der Waals surface area contributed by atoms with Crippen molar-refractivity contribution < 1.29 is 23.8 Å². The molecule has 0 saturated heterocycles. The summed E-state index contributed by atoms with van der Waals surface area (Å²) >= 11 is 0. The minimum Gasteiger partial charge on any atom is -0.480 e. The molecule has 1 aromatic heterocycles. The molecule has 1 unspecified atom stereocenters. The molecule has 0 spiro atoms. The van der Waals surface area contributed by atoms with Gasteiger partial charge in [-0.05, 0) is 13.0 Å². The number of aliphatic carboxylic acids is 1. The highest BCUT2D eigenvalue weighted by molar-refractivity contribution is 6.00. The van der Waals surface area contributed by atoms with Gasteiger partial charge in [0.05, 0.1) is 6.61 Å². The molecule has 2 rings (SSSR count). The van der Waals surface area contributed by atoms with Crippen LogP contribution in [0.25, 0.3) is 11.0 Å². The molecule has 0 aliphatic rings. The van der Waals surface area contributed by atoms with E-state index in [0.717, 1.165) is 10.3 Å². The van der Waals surface area contributed by atoms with E-state index in [1.165, 1.54) is 21.1 Å². The summed E-state index contributed by atoms with van der Waals surface area (Å²) in [6.07, 6.45) is 0. The smallest absolute Gasteiger partial charge is 0.326 e. The lowest BCUT2D eigenvalue weighted by atomic mass is 10.1. The average molecular weight is 291 g/mol. The third kappa shape index (κ3) is 2.75. The van der Waals surface area contributed by atoms with Crippen LogP contribution >= 0.6 is 0 Å². The Morgan fingerprint density at radius 2 is 2.05 bits per heavy atom. The summed E-state index contributed by atoms with van der Waals surface area (Å²) in [7, 11) is 2.96. The molecule has 0 fully saturated rings. The molecule has 0 radical (unpaired) electrons. The molecule has 0 aliphatic heterocycles. The molecule has 1 atom stereocenters. The normalized spacial score (nSPS) is 12.3. The van der Waals surface area contributed by atoms with Crippen LogP contribution in [0.15, 0.2) is 28.7 Å². The zero-order chi connectivity index (χ0) is 15.6. The summed E-state index contributed by atoms with van der Waals surface area (Å²) in [5.74, 6) is -1.43. The number of likely N-dealkylation sites (N-methyl/N-ethyl adjacent to an activating group) is 1. The molecule has 0 bridgehead atoms. The van der Waals surface area contributed by atoms with Gasteiger partial charge in [0.15, 0.2) is 5.76 Å². The highest BCUT2D eigenvalue weighted by Crippen LogP contribution is 2.27. The van der Waals surface area contributed by atoms with E-state index in [0.29, 0.717) is 11.1 Å². The molecule has 6 nitrogen and oxygen atoms in total. The number of carbonyl (C=O) groups is 2. The summed E-state index contributed by atoms with van der Waals surface area (Å²) < 4.78 is 10.7. The third-order valence-electron chi connectivity index (χ3n) is 3.44. The lowest BCUT2D eigenvalue weighted by Gasteiger charge is -2.20. The standard InChI is InChI=1S/C15H17NO5/c1-9(15(18)19)16(2)14(17)13-11(8-20-3)10-6-4-5-7-12(10)21-13/h4-7,9H,8H2,1-3H3,(H,18,19). The van der Waals surface area contributed by atoms with Crippen LogP contribution in [0.2, 0.25) is 0 Å². The second kappa shape index (κ2) is 5.97. The summed E-state index contributed by atoms with van der Waals surface area (Å²) in [5, 5.41) is 9.80. The number of hydrogen-bond acceptors (Lipinski definition) is 4. The Morgan fingerprint density at radius 3 is 2.67 bits per heavy atom. The van der Waals surface area contributed by atoms with E-state index in [4.69, 9.17) is 14.3 Å². The summed E-state index contributed by atoms with van der Waals surface area (Å²) in [5.41, 5.74) is 1.20. The number of para-hydroxylation sites is 1. The molecule has 0 aliphatic carbocycles. The summed E-state index contributed by atoms with van der Waals surface area (Å²) in [6, 6.07) is 6.30. The van der Waals surface area contributed by atoms with Crippen molar-refractivity contribution in [3.8, 4) is 0 Å². The van der Waals surface area contributed by atoms with Gasteiger partial charge in [-0.15, -0.1) is 0 Å². The van der Waals surface area contributed by atoms with E-state index in [9.17, 15) is 9.59 Å². The van der Waals surface area contributed by atoms with E-state index in [2.05, 4.69) is 0 Å². The van der Waals surface area contributed by atoms with Crippen molar-refractivity contribution >= 4 is 22.8 Å². The van der Waals surface area contributed by atoms with E-state index in [-0.39, 0.29) is 12.4 Å². The number of methoxy groups -OCH3 is 1. The largest absolute Gasteiger partial charge is 0.480 e. The molecule has 1 N–H and O–H groups in total. The molecule has 112 valence electrons. The average Bonchev–Trinajstić information content (AvgIpc) is 2.84. The Bertz CT molecular complexity index is 676. The second-order valence-electron chi connectivity index (χ2n) is 4.77. The van der Waals surface area contributed by atoms with Crippen molar-refractivity contribution in [1.29, 1.82) is 0 Å². The lowest BCUT2D eigenvalue weighted by Crippen LogP contribution is -2.40. The minimum absolute atomic E-state index is 0.119. The predicted molar refractivity (Wildman–Crippen MR) is 76.1 cm³/mol. The number of rotatable bonds is 5. The van der Waals surface area contributed by atoms with Crippen LogP contribution < -0.4 is 0 Å². The number of hydrogen-bond donors (Lipinski definition) is 1. The number of carboxylic acids is 1. The van der Waals surface area contributed by atoms with Gasteiger partial charge >= 0.3 is 5.97 Å². The quantitative estimate of drug-likeness (QED) is 0.912. The fourth-order valence-corrected chi connectivity index (χ4v) is 2.06. The maximum atomic E-state index is 12.5. The van der Waals surface area contributed by atoms with E-state index in [1.54, 1.807) is 12.1 Å². The summed E-state index contributed by atoms with van der Waals surface area (Å²) in [6.45, 7) is 1.66. The Kier molecular flexibility index (Phi) is 4.28. The van der Waals surface area contributed by atoms with E-state index < -0.39 is 17.9 Å². The van der Waals surface area contributed by atoms with Crippen molar-refractivity contribution in [2.75, 3.05) is 14.2 Å². The van der Waals surface area contributed by atoms with Crippen molar-refractivity contribution in [1.82, 2.24) is 4.90 Å². The maximum absolute atomic E-state index is 12.5. The number of nitrogens with zero attached hydrogens (tertiary/aromatic N) is 1. The first-order valence-electron chi connectivity index (χ1n) is 6.46. The number of amides is 1. The number of ether oxygens (including phenoxy) is 1. The minimum atomic E-state index is -1.07. The number of carboxylic acid groups (broad SMARTS) is 1. The third-order valence-corrected chi connectivity index (χ3v) is 3.44. The Balaban J connectivity index is 2.47. The van der Waals surface area contributed by atoms with Gasteiger partial charge < -0.3 is 19.2 Å². The first-order chi connectivity index (χ1) is 9.97. The van der Waals surface area contributed by atoms with Gasteiger partial charge in [-0.3, -0.25) is 4.79 Å². The molecule has 1 heterocycles.